The molecule has 0 aromatic heterocycles. The molecular weight excluding hydrogens is 410 g/mol. The molecule has 0 radical (unpaired) electrons. The molecule has 164 valence electrons. The quantitative estimate of drug-likeness (QED) is 0.719. The number of hydrogen-bond donors (Lipinski definition) is 2. The number of hydrogen-bond acceptors (Lipinski definition) is 4. The summed E-state index contributed by atoms with van der Waals surface area (Å²) < 4.78 is 26.6. The molecular formula is C24H29N3O3S. The first-order valence-corrected chi connectivity index (χ1v) is 12.0. The van der Waals surface area contributed by atoms with Gasteiger partial charge in [0.05, 0.1) is 16.4 Å². The van der Waals surface area contributed by atoms with Crippen molar-refractivity contribution in [3.63, 3.8) is 0 Å². The molecule has 0 atom stereocenters. The number of benzene rings is 2. The molecule has 1 aliphatic rings. The number of anilines is 1. The van der Waals surface area contributed by atoms with Gasteiger partial charge in [0.15, 0.2) is 0 Å². The third-order valence-corrected chi connectivity index (χ3v) is 7.98. The third-order valence-electron chi connectivity index (χ3n) is 5.73. The Balaban J connectivity index is 1.53. The molecule has 2 aromatic carbocycles. The molecule has 7 heteroatoms. The average molecular weight is 440 g/mol. The lowest BCUT2D eigenvalue weighted by molar-refractivity contribution is -0.120. The van der Waals surface area contributed by atoms with Gasteiger partial charge in [-0.1, -0.05) is 24.3 Å². The SMILES string of the molecule is CC(C)(C)S(=O)(=O)N[C@H]1CC[C@H](C(=O)Nc2ccc(-c3ccc(C#N)cc3)cc2)CC1. The maximum atomic E-state index is 12.7. The Bertz CT molecular complexity index is 1060. The number of nitrogens with one attached hydrogen (secondary N) is 2. The molecule has 0 spiro atoms. The number of nitriles is 1. The zero-order valence-electron chi connectivity index (χ0n) is 18.2. The van der Waals surface area contributed by atoms with Crippen molar-refractivity contribution in [3.05, 3.63) is 54.1 Å². The minimum atomic E-state index is -3.38. The third kappa shape index (κ3) is 5.72. The van der Waals surface area contributed by atoms with Crippen LogP contribution < -0.4 is 10.0 Å². The molecule has 2 N–H and O–H groups in total. The van der Waals surface area contributed by atoms with Crippen molar-refractivity contribution in [3.8, 4) is 17.2 Å². The lowest BCUT2D eigenvalue weighted by atomic mass is 9.86. The smallest absolute Gasteiger partial charge is 0.227 e. The highest BCUT2D eigenvalue weighted by Gasteiger charge is 2.34. The Morgan fingerprint density at radius 2 is 1.45 bits per heavy atom. The van der Waals surface area contributed by atoms with E-state index in [0.717, 1.165) is 16.8 Å². The number of carbonyl (C=O) groups is 1. The molecule has 1 saturated carbocycles. The molecule has 0 bridgehead atoms. The minimum Gasteiger partial charge on any atom is -0.326 e. The molecule has 0 aliphatic heterocycles. The molecule has 0 saturated heterocycles. The molecule has 1 amide bonds. The second kappa shape index (κ2) is 9.21. The van der Waals surface area contributed by atoms with Crippen molar-refractivity contribution < 1.29 is 13.2 Å². The zero-order valence-corrected chi connectivity index (χ0v) is 19.0. The number of sulfonamides is 1. The van der Waals surface area contributed by atoms with Crippen LogP contribution in [0.5, 0.6) is 0 Å². The Hall–Kier alpha value is -2.69. The van der Waals surface area contributed by atoms with Crippen molar-refractivity contribution >= 4 is 21.6 Å². The van der Waals surface area contributed by atoms with Crippen LogP contribution in [-0.4, -0.2) is 25.1 Å². The molecule has 1 fully saturated rings. The highest BCUT2D eigenvalue weighted by molar-refractivity contribution is 7.90. The number of carbonyl (C=O) groups excluding carboxylic acids is 1. The van der Waals surface area contributed by atoms with Gasteiger partial charge in [-0.25, -0.2) is 13.1 Å². The van der Waals surface area contributed by atoms with Gasteiger partial charge >= 0.3 is 0 Å². The van der Waals surface area contributed by atoms with Crippen molar-refractivity contribution in [2.24, 2.45) is 5.92 Å². The van der Waals surface area contributed by atoms with Crippen LogP contribution in [0.25, 0.3) is 11.1 Å². The van der Waals surface area contributed by atoms with E-state index in [4.69, 9.17) is 5.26 Å². The molecule has 31 heavy (non-hydrogen) atoms. The molecule has 0 heterocycles. The monoisotopic (exact) mass is 439 g/mol. The standard InChI is InChI=1S/C24H29N3O3S/c1-24(2,3)31(29,30)27-22-14-10-20(11-15-22)23(28)26-21-12-8-19(9-13-21)18-6-4-17(16-25)5-7-18/h4-9,12-13,20,22,27H,10-11,14-15H2,1-3H3,(H,26,28)/t20-,22-. The maximum absolute atomic E-state index is 12.7. The van der Waals surface area contributed by atoms with E-state index in [1.54, 1.807) is 32.9 Å². The summed E-state index contributed by atoms with van der Waals surface area (Å²) >= 11 is 0. The van der Waals surface area contributed by atoms with E-state index in [2.05, 4.69) is 16.1 Å². The Labute approximate surface area is 184 Å². The highest BCUT2D eigenvalue weighted by Crippen LogP contribution is 2.28. The van der Waals surface area contributed by atoms with Gasteiger partial charge in [0.1, 0.15) is 0 Å². The van der Waals surface area contributed by atoms with Crippen LogP contribution in [0, 0.1) is 17.2 Å². The van der Waals surface area contributed by atoms with Crippen molar-refractivity contribution in [2.75, 3.05) is 5.32 Å². The van der Waals surface area contributed by atoms with E-state index in [0.29, 0.717) is 31.2 Å². The predicted molar refractivity (Wildman–Crippen MR) is 123 cm³/mol. The maximum Gasteiger partial charge on any atom is 0.227 e. The van der Waals surface area contributed by atoms with E-state index in [1.165, 1.54) is 0 Å². The fraction of sp³-hybridized carbons (Fsp3) is 0.417. The number of amides is 1. The van der Waals surface area contributed by atoms with Gasteiger partial charge in [0.2, 0.25) is 15.9 Å². The topological polar surface area (TPSA) is 99.1 Å². The first-order valence-electron chi connectivity index (χ1n) is 10.5. The lowest BCUT2D eigenvalue weighted by Crippen LogP contribution is -2.46. The minimum absolute atomic E-state index is 0.0248. The summed E-state index contributed by atoms with van der Waals surface area (Å²) in [5.74, 6) is -0.142. The van der Waals surface area contributed by atoms with Gasteiger partial charge in [0.25, 0.3) is 0 Å². The van der Waals surface area contributed by atoms with E-state index in [9.17, 15) is 13.2 Å². The summed E-state index contributed by atoms with van der Waals surface area (Å²) in [6.45, 7) is 5.04. The second-order valence-electron chi connectivity index (χ2n) is 9.04. The highest BCUT2D eigenvalue weighted by atomic mass is 32.2. The van der Waals surface area contributed by atoms with Gasteiger partial charge in [-0.2, -0.15) is 5.26 Å². The van der Waals surface area contributed by atoms with Crippen LogP contribution in [0.4, 0.5) is 5.69 Å². The first-order chi connectivity index (χ1) is 14.6. The van der Waals surface area contributed by atoms with Crippen LogP contribution in [0.15, 0.2) is 48.5 Å². The van der Waals surface area contributed by atoms with Crippen molar-refractivity contribution in [1.82, 2.24) is 4.72 Å². The van der Waals surface area contributed by atoms with E-state index in [-0.39, 0.29) is 17.9 Å². The average Bonchev–Trinajstić information content (AvgIpc) is 2.74. The Morgan fingerprint density at radius 1 is 0.935 bits per heavy atom. The van der Waals surface area contributed by atoms with Crippen LogP contribution >= 0.6 is 0 Å². The summed E-state index contributed by atoms with van der Waals surface area (Å²) in [7, 11) is -3.38. The molecule has 2 aromatic rings. The Kier molecular flexibility index (Phi) is 6.83. The first kappa shape index (κ1) is 23.0. The van der Waals surface area contributed by atoms with Crippen molar-refractivity contribution in [1.29, 1.82) is 5.26 Å². The number of nitrogens with zero attached hydrogens (tertiary/aromatic N) is 1. The van der Waals surface area contributed by atoms with E-state index < -0.39 is 14.8 Å². The fourth-order valence-corrected chi connectivity index (χ4v) is 4.63. The summed E-state index contributed by atoms with van der Waals surface area (Å²) in [5.41, 5.74) is 3.37. The molecule has 1 aliphatic carbocycles. The molecule has 3 rings (SSSR count). The Morgan fingerprint density at radius 3 is 1.94 bits per heavy atom. The van der Waals surface area contributed by atoms with E-state index in [1.807, 2.05) is 36.4 Å². The molecule has 0 unspecified atom stereocenters. The van der Waals surface area contributed by atoms with Crippen LogP contribution in [0.3, 0.4) is 0 Å². The predicted octanol–water partition coefficient (Wildman–Crippen LogP) is 4.44. The summed E-state index contributed by atoms with van der Waals surface area (Å²) in [6, 6.07) is 17.0. The number of rotatable bonds is 5. The van der Waals surface area contributed by atoms with Crippen LogP contribution in [0.2, 0.25) is 0 Å². The van der Waals surface area contributed by atoms with Gasteiger partial charge in [-0.15, -0.1) is 0 Å². The largest absolute Gasteiger partial charge is 0.326 e. The molecule has 6 nitrogen and oxygen atoms in total. The van der Waals surface area contributed by atoms with Gasteiger partial charge < -0.3 is 5.32 Å². The summed E-state index contributed by atoms with van der Waals surface area (Å²) in [6.07, 6.45) is 2.63. The normalized spacial score (nSPS) is 19.4. The van der Waals surface area contributed by atoms with Crippen molar-refractivity contribution in [2.45, 2.75) is 57.2 Å². The van der Waals surface area contributed by atoms with Gasteiger partial charge in [-0.3, -0.25) is 4.79 Å². The lowest BCUT2D eigenvalue weighted by Gasteiger charge is -2.30. The summed E-state index contributed by atoms with van der Waals surface area (Å²) in [4.78, 5) is 12.7. The second-order valence-corrected chi connectivity index (χ2v) is 11.5. The van der Waals surface area contributed by atoms with Gasteiger partial charge in [0, 0.05) is 17.6 Å². The van der Waals surface area contributed by atoms with E-state index >= 15 is 0 Å². The van der Waals surface area contributed by atoms with Crippen LogP contribution in [0.1, 0.15) is 52.0 Å². The summed E-state index contributed by atoms with van der Waals surface area (Å²) in [5, 5.41) is 11.9. The van der Waals surface area contributed by atoms with Gasteiger partial charge in [-0.05, 0) is 81.8 Å². The zero-order chi connectivity index (χ0) is 22.6. The van der Waals surface area contributed by atoms with Crippen LogP contribution in [-0.2, 0) is 14.8 Å². The fourth-order valence-electron chi connectivity index (χ4n) is 3.60.